The summed E-state index contributed by atoms with van der Waals surface area (Å²) in [7, 11) is 0. The maximum Gasteiger partial charge on any atom is 0.277 e. The average Bonchev–Trinajstić information content (AvgIpc) is 3.17. The molecule has 1 aliphatic carbocycles. The van der Waals surface area contributed by atoms with Crippen molar-refractivity contribution in [3.8, 4) is 11.5 Å². The number of thioether (sulfide) groups is 1. The van der Waals surface area contributed by atoms with Crippen molar-refractivity contribution in [3.63, 3.8) is 0 Å². The monoisotopic (exact) mass is 335 g/mol. The first-order valence-corrected chi connectivity index (χ1v) is 8.86. The summed E-state index contributed by atoms with van der Waals surface area (Å²) >= 11 is 1.28. The van der Waals surface area contributed by atoms with Gasteiger partial charge in [-0.2, -0.15) is 0 Å². The number of amides is 1. The van der Waals surface area contributed by atoms with Crippen molar-refractivity contribution in [1.29, 1.82) is 0 Å². The van der Waals surface area contributed by atoms with Crippen LogP contribution in [0.2, 0.25) is 0 Å². The Hall–Kier alpha value is -1.76. The average molecular weight is 335 g/mol. The van der Waals surface area contributed by atoms with Crippen molar-refractivity contribution in [1.82, 2.24) is 15.5 Å². The van der Waals surface area contributed by atoms with Crippen molar-refractivity contribution >= 4 is 17.7 Å². The summed E-state index contributed by atoms with van der Waals surface area (Å²) in [6.45, 7) is 3.70. The van der Waals surface area contributed by atoms with E-state index in [0.717, 1.165) is 24.2 Å². The lowest BCUT2D eigenvalue weighted by Crippen LogP contribution is -2.40. The van der Waals surface area contributed by atoms with Crippen molar-refractivity contribution in [3.05, 3.63) is 18.1 Å². The molecule has 1 N–H and O–H groups in total. The third-order valence-electron chi connectivity index (χ3n) is 4.09. The van der Waals surface area contributed by atoms with Crippen LogP contribution in [0.4, 0.5) is 0 Å². The zero-order valence-corrected chi connectivity index (χ0v) is 14.2. The lowest BCUT2D eigenvalue weighted by molar-refractivity contribution is -0.121. The van der Waals surface area contributed by atoms with Crippen LogP contribution in [-0.4, -0.2) is 27.4 Å². The van der Waals surface area contributed by atoms with E-state index in [1.165, 1.54) is 31.0 Å². The molecule has 0 radical (unpaired) electrons. The third-order valence-corrected chi connectivity index (χ3v) is 5.03. The highest BCUT2D eigenvalue weighted by atomic mass is 32.2. The minimum Gasteiger partial charge on any atom is -0.469 e. The molecule has 0 spiro atoms. The Morgan fingerprint density at radius 2 is 2.13 bits per heavy atom. The van der Waals surface area contributed by atoms with E-state index >= 15 is 0 Å². The van der Waals surface area contributed by atoms with Crippen molar-refractivity contribution in [2.24, 2.45) is 0 Å². The zero-order valence-electron chi connectivity index (χ0n) is 13.4. The minimum absolute atomic E-state index is 0.0288. The molecule has 0 aliphatic heterocycles. The summed E-state index contributed by atoms with van der Waals surface area (Å²) in [5.41, 5.74) is 0.781. The van der Waals surface area contributed by atoms with E-state index < -0.39 is 0 Å². The van der Waals surface area contributed by atoms with Gasteiger partial charge in [-0.3, -0.25) is 4.79 Å². The predicted molar refractivity (Wildman–Crippen MR) is 87.1 cm³/mol. The van der Waals surface area contributed by atoms with Crippen molar-refractivity contribution in [2.45, 2.75) is 62.5 Å². The van der Waals surface area contributed by atoms with Gasteiger partial charge in [0.05, 0.1) is 17.1 Å². The lowest BCUT2D eigenvalue weighted by atomic mass is 9.95. The molecule has 0 bridgehead atoms. The summed E-state index contributed by atoms with van der Waals surface area (Å²) in [6, 6.07) is 2.10. The number of nitrogens with zero attached hydrogens (tertiary/aromatic N) is 2. The maximum atomic E-state index is 12.3. The highest BCUT2D eigenvalue weighted by Gasteiger charge is 2.22. The van der Waals surface area contributed by atoms with E-state index in [9.17, 15) is 4.79 Å². The summed E-state index contributed by atoms with van der Waals surface area (Å²) in [6.07, 6.45) is 7.41. The standard InChI is InChI=1S/C16H21N3O3S/c1-10-13(8-9-21-10)15-18-19-16(22-15)23-11(2)14(20)17-12-6-4-3-5-7-12/h8-9,11-12H,3-7H2,1-2H3,(H,17,20). The van der Waals surface area contributed by atoms with Crippen LogP contribution in [-0.2, 0) is 4.79 Å². The van der Waals surface area contributed by atoms with Crippen LogP contribution >= 0.6 is 11.8 Å². The van der Waals surface area contributed by atoms with Gasteiger partial charge in [-0.1, -0.05) is 31.0 Å². The second kappa shape index (κ2) is 7.21. The van der Waals surface area contributed by atoms with Crippen LogP contribution in [0.1, 0.15) is 44.8 Å². The van der Waals surface area contributed by atoms with Gasteiger partial charge < -0.3 is 14.2 Å². The number of aryl methyl sites for hydroxylation is 1. The van der Waals surface area contributed by atoms with Gasteiger partial charge in [0.15, 0.2) is 0 Å². The van der Waals surface area contributed by atoms with Crippen LogP contribution in [0.25, 0.3) is 11.5 Å². The molecule has 6 nitrogen and oxygen atoms in total. The molecule has 0 saturated heterocycles. The first-order valence-electron chi connectivity index (χ1n) is 7.98. The van der Waals surface area contributed by atoms with E-state index in [1.807, 2.05) is 13.8 Å². The first-order chi connectivity index (χ1) is 11.1. The van der Waals surface area contributed by atoms with E-state index in [2.05, 4.69) is 15.5 Å². The van der Waals surface area contributed by atoms with Crippen molar-refractivity contribution in [2.75, 3.05) is 0 Å². The number of aromatic nitrogens is 2. The number of rotatable bonds is 5. The Morgan fingerprint density at radius 3 is 2.83 bits per heavy atom. The van der Waals surface area contributed by atoms with E-state index in [4.69, 9.17) is 8.83 Å². The van der Waals surface area contributed by atoms with Gasteiger partial charge >= 0.3 is 0 Å². The van der Waals surface area contributed by atoms with Gasteiger partial charge in [0.2, 0.25) is 5.91 Å². The molecule has 3 rings (SSSR count). The number of carbonyl (C=O) groups is 1. The molecule has 2 aromatic rings. The SMILES string of the molecule is Cc1occc1-c1nnc(SC(C)C(=O)NC2CCCCC2)o1. The van der Waals surface area contributed by atoms with E-state index in [0.29, 0.717) is 17.2 Å². The highest BCUT2D eigenvalue weighted by Crippen LogP contribution is 2.28. The fraction of sp³-hybridized carbons (Fsp3) is 0.562. The summed E-state index contributed by atoms with van der Waals surface area (Å²) < 4.78 is 10.9. The molecular weight excluding hydrogens is 314 g/mol. The van der Waals surface area contributed by atoms with Gasteiger partial charge in [0.1, 0.15) is 5.76 Å². The molecule has 1 atom stereocenters. The number of furan rings is 1. The van der Waals surface area contributed by atoms with Crippen LogP contribution in [0.3, 0.4) is 0 Å². The Labute approximate surface area is 139 Å². The first kappa shape index (κ1) is 16.1. The molecule has 1 unspecified atom stereocenters. The topological polar surface area (TPSA) is 81.2 Å². The largest absolute Gasteiger partial charge is 0.469 e. The number of hydrogen-bond donors (Lipinski definition) is 1. The molecule has 1 fully saturated rings. The second-order valence-electron chi connectivity index (χ2n) is 5.87. The molecule has 7 heteroatoms. The summed E-state index contributed by atoms with van der Waals surface area (Å²) in [5.74, 6) is 1.17. The van der Waals surface area contributed by atoms with Crippen LogP contribution < -0.4 is 5.32 Å². The maximum absolute atomic E-state index is 12.3. The quantitative estimate of drug-likeness (QED) is 0.841. The molecule has 1 aliphatic rings. The number of carbonyl (C=O) groups excluding carboxylic acids is 1. The molecule has 2 heterocycles. The van der Waals surface area contributed by atoms with Crippen LogP contribution in [0.5, 0.6) is 0 Å². The molecule has 124 valence electrons. The Morgan fingerprint density at radius 1 is 1.35 bits per heavy atom. The third kappa shape index (κ3) is 3.96. The van der Waals surface area contributed by atoms with Gasteiger partial charge in [0, 0.05) is 6.04 Å². The Kier molecular flexibility index (Phi) is 5.05. The predicted octanol–water partition coefficient (Wildman–Crippen LogP) is 3.57. The van der Waals surface area contributed by atoms with E-state index in [-0.39, 0.29) is 11.2 Å². The van der Waals surface area contributed by atoms with Gasteiger partial charge in [0.25, 0.3) is 11.1 Å². The molecule has 0 aromatic carbocycles. The summed E-state index contributed by atoms with van der Waals surface area (Å²) in [5, 5.41) is 11.3. The van der Waals surface area contributed by atoms with Gasteiger partial charge in [-0.25, -0.2) is 0 Å². The fourth-order valence-electron chi connectivity index (χ4n) is 2.74. The van der Waals surface area contributed by atoms with Gasteiger partial charge in [-0.15, -0.1) is 10.2 Å². The molecule has 1 saturated carbocycles. The Balaban J connectivity index is 1.57. The second-order valence-corrected chi connectivity index (χ2v) is 7.16. The summed E-state index contributed by atoms with van der Waals surface area (Å²) in [4.78, 5) is 12.3. The Bertz CT molecular complexity index is 661. The van der Waals surface area contributed by atoms with Crippen molar-refractivity contribution < 1.29 is 13.6 Å². The van der Waals surface area contributed by atoms with Gasteiger partial charge in [-0.05, 0) is 32.8 Å². The minimum atomic E-state index is -0.268. The highest BCUT2D eigenvalue weighted by molar-refractivity contribution is 8.00. The fourth-order valence-corrected chi connectivity index (χ4v) is 3.44. The molecular formula is C16H21N3O3S. The van der Waals surface area contributed by atoms with Crippen LogP contribution in [0, 0.1) is 6.92 Å². The van der Waals surface area contributed by atoms with Crippen LogP contribution in [0.15, 0.2) is 26.4 Å². The van der Waals surface area contributed by atoms with E-state index in [1.54, 1.807) is 12.3 Å². The lowest BCUT2D eigenvalue weighted by Gasteiger charge is -2.23. The zero-order chi connectivity index (χ0) is 16.2. The number of hydrogen-bond acceptors (Lipinski definition) is 6. The molecule has 2 aromatic heterocycles. The number of nitrogens with one attached hydrogen (secondary N) is 1. The normalized spacial score (nSPS) is 17.1. The smallest absolute Gasteiger partial charge is 0.277 e. The molecule has 23 heavy (non-hydrogen) atoms. The molecule has 1 amide bonds.